The minimum absolute atomic E-state index is 0.227. The van der Waals surface area contributed by atoms with Crippen LogP contribution in [0.5, 0.6) is 11.5 Å². The number of imide groups is 1. The van der Waals surface area contributed by atoms with E-state index >= 15 is 0 Å². The van der Waals surface area contributed by atoms with Crippen LogP contribution in [-0.4, -0.2) is 73.6 Å². The Kier molecular flexibility index (Phi) is 5.84. The third kappa shape index (κ3) is 5.17. The summed E-state index contributed by atoms with van der Waals surface area (Å²) >= 11 is 0. The highest BCUT2D eigenvalue weighted by molar-refractivity contribution is 6.01. The van der Waals surface area contributed by atoms with Crippen LogP contribution in [-0.2, 0) is 9.59 Å². The number of nitrogens with zero attached hydrogens (tertiary/aromatic N) is 2. The van der Waals surface area contributed by atoms with Crippen LogP contribution in [0.4, 0.5) is 10.5 Å². The molecule has 1 aromatic carbocycles. The van der Waals surface area contributed by atoms with Crippen LogP contribution in [0, 0.1) is 5.92 Å². The summed E-state index contributed by atoms with van der Waals surface area (Å²) in [6.07, 6.45) is 2.27. The number of hydrogen-bond acceptors (Lipinski definition) is 6. The van der Waals surface area contributed by atoms with E-state index in [1.165, 1.54) is 0 Å². The van der Waals surface area contributed by atoms with E-state index < -0.39 is 6.03 Å². The fourth-order valence-corrected chi connectivity index (χ4v) is 3.51. The highest BCUT2D eigenvalue weighted by Gasteiger charge is 2.34. The quantitative estimate of drug-likeness (QED) is 0.764. The molecule has 4 amide bonds. The Morgan fingerprint density at radius 2 is 1.72 bits per heavy atom. The molecule has 0 bridgehead atoms. The molecule has 0 radical (unpaired) electrons. The van der Waals surface area contributed by atoms with Crippen LogP contribution in [0.25, 0.3) is 0 Å². The third-order valence-electron chi connectivity index (χ3n) is 5.32. The van der Waals surface area contributed by atoms with Gasteiger partial charge in [-0.25, -0.2) is 4.79 Å². The lowest BCUT2D eigenvalue weighted by Gasteiger charge is -2.34. The Labute approximate surface area is 169 Å². The van der Waals surface area contributed by atoms with Gasteiger partial charge in [0.15, 0.2) is 11.5 Å². The topological polar surface area (TPSA) is 100 Å². The smallest absolute Gasteiger partial charge is 0.325 e. The molecule has 3 aliphatic rings. The standard InChI is InChI=1S/C20H26N4O5/c25-18(5-6-23-7-9-24(10-8-23)19(26)14-1-2-14)22-20(27)21-15-3-4-16-17(13-15)29-12-11-28-16/h3-4,13-14H,1-2,5-12H2,(H2,21,22,25,27). The van der Waals surface area contributed by atoms with Crippen LogP contribution in [0.15, 0.2) is 18.2 Å². The molecule has 1 aliphatic carbocycles. The van der Waals surface area contributed by atoms with Crippen molar-refractivity contribution in [2.24, 2.45) is 5.92 Å². The number of ether oxygens (including phenoxy) is 2. The lowest BCUT2D eigenvalue weighted by molar-refractivity contribution is -0.134. The summed E-state index contributed by atoms with van der Waals surface area (Å²) in [4.78, 5) is 40.3. The summed E-state index contributed by atoms with van der Waals surface area (Å²) < 4.78 is 10.9. The SMILES string of the molecule is O=C(CCN1CCN(C(=O)C2CC2)CC1)NC(=O)Nc1ccc2c(c1)OCCO2. The molecular formula is C20H26N4O5. The average molecular weight is 402 g/mol. The first-order valence-corrected chi connectivity index (χ1v) is 10.1. The second-order valence-electron chi connectivity index (χ2n) is 7.55. The van der Waals surface area contributed by atoms with Crippen molar-refractivity contribution >= 4 is 23.5 Å². The molecule has 2 fully saturated rings. The predicted molar refractivity (Wildman–Crippen MR) is 105 cm³/mol. The number of piperazine rings is 1. The number of nitrogens with one attached hydrogen (secondary N) is 2. The number of carbonyl (C=O) groups excluding carboxylic acids is 3. The highest BCUT2D eigenvalue weighted by atomic mass is 16.6. The summed E-state index contributed by atoms with van der Waals surface area (Å²) in [6, 6.07) is 4.51. The lowest BCUT2D eigenvalue weighted by atomic mass is 10.2. The summed E-state index contributed by atoms with van der Waals surface area (Å²) in [5.41, 5.74) is 0.524. The van der Waals surface area contributed by atoms with Gasteiger partial charge in [0.05, 0.1) is 0 Å². The largest absolute Gasteiger partial charge is 0.486 e. The van der Waals surface area contributed by atoms with E-state index in [1.807, 2.05) is 4.90 Å². The van der Waals surface area contributed by atoms with E-state index in [4.69, 9.17) is 9.47 Å². The number of carbonyl (C=O) groups is 3. The number of urea groups is 1. The van der Waals surface area contributed by atoms with E-state index in [2.05, 4.69) is 15.5 Å². The second kappa shape index (κ2) is 8.69. The lowest BCUT2D eigenvalue weighted by Crippen LogP contribution is -2.49. The zero-order valence-corrected chi connectivity index (χ0v) is 16.3. The van der Waals surface area contributed by atoms with Crippen molar-refractivity contribution in [1.82, 2.24) is 15.1 Å². The molecule has 9 heteroatoms. The molecule has 0 spiro atoms. The van der Waals surface area contributed by atoms with Gasteiger partial charge in [-0.3, -0.25) is 19.8 Å². The van der Waals surface area contributed by atoms with Gasteiger partial charge in [0, 0.05) is 56.8 Å². The van der Waals surface area contributed by atoms with Crippen molar-refractivity contribution in [3.8, 4) is 11.5 Å². The normalized spacial score (nSPS) is 18.8. The minimum atomic E-state index is -0.577. The van der Waals surface area contributed by atoms with Gasteiger partial charge in [0.25, 0.3) is 0 Å². The summed E-state index contributed by atoms with van der Waals surface area (Å²) in [6.45, 7) is 4.47. The number of rotatable bonds is 5. The number of hydrogen-bond donors (Lipinski definition) is 2. The second-order valence-corrected chi connectivity index (χ2v) is 7.55. The molecule has 156 valence electrons. The highest BCUT2D eigenvalue weighted by Crippen LogP contribution is 2.32. The molecule has 0 atom stereocenters. The summed E-state index contributed by atoms with van der Waals surface area (Å²) in [7, 11) is 0. The maximum atomic E-state index is 12.1. The van der Waals surface area contributed by atoms with Gasteiger partial charge < -0.3 is 19.7 Å². The summed E-state index contributed by atoms with van der Waals surface area (Å²) in [5, 5.41) is 4.98. The molecule has 4 rings (SSSR count). The van der Waals surface area contributed by atoms with Gasteiger partial charge in [0.1, 0.15) is 13.2 Å². The monoisotopic (exact) mass is 402 g/mol. The first kappa shape index (κ1) is 19.5. The molecule has 9 nitrogen and oxygen atoms in total. The Morgan fingerprint density at radius 3 is 2.45 bits per heavy atom. The van der Waals surface area contributed by atoms with Crippen molar-refractivity contribution in [3.63, 3.8) is 0 Å². The Bertz CT molecular complexity index is 787. The zero-order valence-electron chi connectivity index (χ0n) is 16.3. The molecule has 0 aromatic heterocycles. The first-order chi connectivity index (χ1) is 14.1. The van der Waals surface area contributed by atoms with E-state index in [-0.39, 0.29) is 24.2 Å². The van der Waals surface area contributed by atoms with Crippen LogP contribution in [0.3, 0.4) is 0 Å². The predicted octanol–water partition coefficient (Wildman–Crippen LogP) is 1.05. The molecule has 1 aromatic rings. The van der Waals surface area contributed by atoms with Crippen molar-refractivity contribution in [2.75, 3.05) is 51.3 Å². The molecule has 2 heterocycles. The molecule has 29 heavy (non-hydrogen) atoms. The first-order valence-electron chi connectivity index (χ1n) is 10.1. The molecular weight excluding hydrogens is 376 g/mol. The van der Waals surface area contributed by atoms with Gasteiger partial charge in [-0.15, -0.1) is 0 Å². The molecule has 2 aliphatic heterocycles. The summed E-state index contributed by atoms with van der Waals surface area (Å²) in [5.74, 6) is 1.40. The van der Waals surface area contributed by atoms with E-state index in [1.54, 1.807) is 18.2 Å². The number of benzene rings is 1. The van der Waals surface area contributed by atoms with Crippen molar-refractivity contribution in [3.05, 3.63) is 18.2 Å². The Morgan fingerprint density at radius 1 is 1.00 bits per heavy atom. The van der Waals surface area contributed by atoms with Crippen molar-refractivity contribution in [1.29, 1.82) is 0 Å². The van der Waals surface area contributed by atoms with Gasteiger partial charge in [-0.2, -0.15) is 0 Å². The van der Waals surface area contributed by atoms with Crippen LogP contribution < -0.4 is 20.1 Å². The van der Waals surface area contributed by atoms with Crippen LogP contribution in [0.2, 0.25) is 0 Å². The third-order valence-corrected chi connectivity index (χ3v) is 5.32. The fourth-order valence-electron chi connectivity index (χ4n) is 3.51. The average Bonchev–Trinajstić information content (AvgIpc) is 3.57. The van der Waals surface area contributed by atoms with E-state index in [9.17, 15) is 14.4 Å². The van der Waals surface area contributed by atoms with Gasteiger partial charge in [0.2, 0.25) is 11.8 Å². The maximum absolute atomic E-state index is 12.1. The van der Waals surface area contributed by atoms with Crippen LogP contribution >= 0.6 is 0 Å². The van der Waals surface area contributed by atoms with E-state index in [0.29, 0.717) is 50.0 Å². The number of amides is 4. The van der Waals surface area contributed by atoms with E-state index in [0.717, 1.165) is 25.9 Å². The molecule has 1 saturated heterocycles. The molecule has 2 N–H and O–H groups in total. The van der Waals surface area contributed by atoms with Gasteiger partial charge >= 0.3 is 6.03 Å². The van der Waals surface area contributed by atoms with Gasteiger partial charge in [-0.05, 0) is 25.0 Å². The minimum Gasteiger partial charge on any atom is -0.486 e. The maximum Gasteiger partial charge on any atom is 0.325 e. The number of anilines is 1. The zero-order chi connectivity index (χ0) is 20.2. The fraction of sp³-hybridized carbons (Fsp3) is 0.550. The Balaban J connectivity index is 1.16. The Hall–Kier alpha value is -2.81. The van der Waals surface area contributed by atoms with Crippen LogP contribution in [0.1, 0.15) is 19.3 Å². The number of fused-ring (bicyclic) bond motifs is 1. The molecule has 1 saturated carbocycles. The molecule has 0 unspecified atom stereocenters. The van der Waals surface area contributed by atoms with Crippen molar-refractivity contribution < 1.29 is 23.9 Å². The van der Waals surface area contributed by atoms with Crippen molar-refractivity contribution in [2.45, 2.75) is 19.3 Å². The van der Waals surface area contributed by atoms with Gasteiger partial charge in [-0.1, -0.05) is 0 Å².